The summed E-state index contributed by atoms with van der Waals surface area (Å²) in [6, 6.07) is 16.3. The van der Waals surface area contributed by atoms with E-state index in [1.54, 1.807) is 18.6 Å². The monoisotopic (exact) mass is 420 g/mol. The molecule has 0 amide bonds. The Balaban J connectivity index is 1.99. The van der Waals surface area contributed by atoms with Crippen molar-refractivity contribution in [1.82, 2.24) is 4.57 Å². The number of hydrogen-bond acceptors (Lipinski definition) is 6. The minimum Gasteiger partial charge on any atom is -0.497 e. The molecule has 3 aromatic rings. The van der Waals surface area contributed by atoms with Gasteiger partial charge in [0.15, 0.2) is 4.80 Å². The van der Waals surface area contributed by atoms with E-state index in [1.165, 1.54) is 18.4 Å². The van der Waals surface area contributed by atoms with Crippen LogP contribution in [0.3, 0.4) is 0 Å². The van der Waals surface area contributed by atoms with Crippen LogP contribution in [0.1, 0.15) is 24.1 Å². The third-order valence-corrected chi connectivity index (χ3v) is 5.92. The molecule has 2 heterocycles. The van der Waals surface area contributed by atoms with E-state index in [4.69, 9.17) is 9.47 Å². The maximum absolute atomic E-state index is 13.4. The molecule has 0 radical (unpaired) electrons. The molecule has 0 spiro atoms. The van der Waals surface area contributed by atoms with E-state index >= 15 is 0 Å². The van der Waals surface area contributed by atoms with Crippen LogP contribution in [0.5, 0.6) is 5.75 Å². The van der Waals surface area contributed by atoms with Gasteiger partial charge in [0.1, 0.15) is 5.75 Å². The molecule has 0 fully saturated rings. The maximum atomic E-state index is 13.4. The average molecular weight is 420 g/mol. The number of hydrogen-bond donors (Lipinski definition) is 0. The van der Waals surface area contributed by atoms with Crippen molar-refractivity contribution < 1.29 is 14.3 Å². The van der Waals surface area contributed by atoms with Gasteiger partial charge in [-0.3, -0.25) is 9.36 Å². The Labute approximate surface area is 177 Å². The van der Waals surface area contributed by atoms with Gasteiger partial charge in [0.2, 0.25) is 0 Å². The van der Waals surface area contributed by atoms with Crippen LogP contribution in [-0.2, 0) is 9.53 Å². The Kier molecular flexibility index (Phi) is 5.37. The third kappa shape index (κ3) is 3.48. The highest BCUT2D eigenvalue weighted by Crippen LogP contribution is 2.32. The van der Waals surface area contributed by atoms with E-state index in [0.29, 0.717) is 26.4 Å². The highest BCUT2D eigenvalue weighted by molar-refractivity contribution is 7.07. The van der Waals surface area contributed by atoms with Crippen molar-refractivity contribution >= 4 is 23.4 Å². The van der Waals surface area contributed by atoms with Crippen LogP contribution in [0, 0.1) is 0 Å². The number of methoxy groups -OCH3 is 2. The summed E-state index contributed by atoms with van der Waals surface area (Å²) in [4.78, 5) is 31.1. The van der Waals surface area contributed by atoms with Crippen LogP contribution in [-0.4, -0.2) is 24.8 Å². The predicted molar refractivity (Wildman–Crippen MR) is 115 cm³/mol. The van der Waals surface area contributed by atoms with E-state index in [-0.39, 0.29) is 5.56 Å². The maximum Gasteiger partial charge on any atom is 0.338 e. The molecular formula is C23H20N2O4S. The van der Waals surface area contributed by atoms with Crippen molar-refractivity contribution in [3.05, 3.63) is 96.7 Å². The number of carbonyl (C=O) groups is 1. The van der Waals surface area contributed by atoms with E-state index < -0.39 is 12.0 Å². The molecule has 0 saturated heterocycles. The topological polar surface area (TPSA) is 69.9 Å². The smallest absolute Gasteiger partial charge is 0.338 e. The summed E-state index contributed by atoms with van der Waals surface area (Å²) in [6.45, 7) is 1.76. The number of ether oxygens (including phenoxy) is 2. The van der Waals surface area contributed by atoms with Crippen molar-refractivity contribution in [1.29, 1.82) is 0 Å². The molecule has 0 unspecified atom stereocenters. The standard InChI is InChI=1S/C23H20N2O4S/c1-14-19(22(27)29-3)20(16-10-7-11-17(13-16)28-2)25-21(26)18(30-23(25)24-14)12-15-8-5-4-6-9-15/h4-13,20H,1-3H3/b18-12-/t20-/m1/s1. The number of thiazole rings is 1. The van der Waals surface area contributed by atoms with Crippen molar-refractivity contribution in [2.45, 2.75) is 13.0 Å². The Morgan fingerprint density at radius 2 is 1.90 bits per heavy atom. The molecule has 6 nitrogen and oxygen atoms in total. The zero-order valence-electron chi connectivity index (χ0n) is 16.8. The van der Waals surface area contributed by atoms with Gasteiger partial charge in [0.05, 0.1) is 36.1 Å². The third-order valence-electron chi connectivity index (χ3n) is 4.93. The van der Waals surface area contributed by atoms with Gasteiger partial charge in [-0.2, -0.15) is 0 Å². The predicted octanol–water partition coefficient (Wildman–Crippen LogP) is 2.42. The van der Waals surface area contributed by atoms with Crippen molar-refractivity contribution in [2.24, 2.45) is 4.99 Å². The van der Waals surface area contributed by atoms with Gasteiger partial charge in [-0.1, -0.05) is 53.8 Å². The molecule has 1 aromatic heterocycles. The molecule has 152 valence electrons. The van der Waals surface area contributed by atoms with Crippen LogP contribution in [0.25, 0.3) is 6.08 Å². The van der Waals surface area contributed by atoms with Crippen LogP contribution in [0.2, 0.25) is 0 Å². The summed E-state index contributed by atoms with van der Waals surface area (Å²) in [5, 5.41) is 0. The number of allylic oxidation sites excluding steroid dienone is 1. The fraction of sp³-hybridized carbons (Fsp3) is 0.174. The molecule has 0 saturated carbocycles. The minimum absolute atomic E-state index is 0.204. The Morgan fingerprint density at radius 3 is 2.60 bits per heavy atom. The van der Waals surface area contributed by atoms with Crippen LogP contribution in [0.15, 0.2) is 75.7 Å². The SMILES string of the molecule is COC(=O)C1=C(C)N=c2s/c(=C\c3ccccc3)c(=O)n2[C@@H]1c1cccc(OC)c1. The Morgan fingerprint density at radius 1 is 1.13 bits per heavy atom. The first kappa shape index (κ1) is 19.8. The second kappa shape index (κ2) is 8.12. The van der Waals surface area contributed by atoms with Crippen molar-refractivity contribution in [3.8, 4) is 5.75 Å². The molecule has 1 atom stereocenters. The number of fused-ring (bicyclic) bond motifs is 1. The Hall–Kier alpha value is -3.45. The van der Waals surface area contributed by atoms with Crippen molar-refractivity contribution in [3.63, 3.8) is 0 Å². The lowest BCUT2D eigenvalue weighted by Crippen LogP contribution is -2.39. The fourth-order valence-electron chi connectivity index (χ4n) is 3.52. The first-order valence-electron chi connectivity index (χ1n) is 9.33. The average Bonchev–Trinajstić information content (AvgIpc) is 3.07. The van der Waals surface area contributed by atoms with E-state index in [2.05, 4.69) is 4.99 Å². The number of carbonyl (C=O) groups excluding carboxylic acids is 1. The normalized spacial score (nSPS) is 16.1. The molecule has 0 aliphatic carbocycles. The molecule has 30 heavy (non-hydrogen) atoms. The minimum atomic E-state index is -0.651. The molecule has 0 bridgehead atoms. The van der Waals surface area contributed by atoms with Crippen LogP contribution >= 0.6 is 11.3 Å². The lowest BCUT2D eigenvalue weighted by molar-refractivity contribution is -0.136. The summed E-state index contributed by atoms with van der Waals surface area (Å²) in [7, 11) is 2.90. The van der Waals surface area contributed by atoms with Gasteiger partial charge in [-0.15, -0.1) is 0 Å². The van der Waals surface area contributed by atoms with Gasteiger partial charge in [0.25, 0.3) is 5.56 Å². The highest BCUT2D eigenvalue weighted by atomic mass is 32.1. The largest absolute Gasteiger partial charge is 0.497 e. The van der Waals surface area contributed by atoms with Crippen LogP contribution < -0.4 is 19.6 Å². The van der Waals surface area contributed by atoms with Gasteiger partial charge in [0, 0.05) is 0 Å². The van der Waals surface area contributed by atoms with Crippen LogP contribution in [0.4, 0.5) is 0 Å². The molecule has 7 heteroatoms. The lowest BCUT2D eigenvalue weighted by atomic mass is 9.96. The number of esters is 1. The second-order valence-corrected chi connectivity index (χ2v) is 7.77. The molecule has 4 rings (SSSR count). The highest BCUT2D eigenvalue weighted by Gasteiger charge is 2.33. The summed E-state index contributed by atoms with van der Waals surface area (Å²) in [5.74, 6) is 0.124. The number of nitrogens with zero attached hydrogens (tertiary/aromatic N) is 2. The molecular weight excluding hydrogens is 400 g/mol. The molecule has 2 aromatic carbocycles. The molecule has 1 aliphatic rings. The second-order valence-electron chi connectivity index (χ2n) is 6.76. The summed E-state index contributed by atoms with van der Waals surface area (Å²) in [6.07, 6.45) is 1.84. The number of rotatable bonds is 4. The first-order valence-corrected chi connectivity index (χ1v) is 10.1. The quantitative estimate of drug-likeness (QED) is 0.608. The van der Waals surface area contributed by atoms with Crippen molar-refractivity contribution in [2.75, 3.05) is 14.2 Å². The zero-order valence-corrected chi connectivity index (χ0v) is 17.6. The number of benzene rings is 2. The summed E-state index contributed by atoms with van der Waals surface area (Å²) < 4.78 is 12.5. The summed E-state index contributed by atoms with van der Waals surface area (Å²) >= 11 is 1.30. The van der Waals surface area contributed by atoms with E-state index in [1.807, 2.05) is 60.7 Å². The van der Waals surface area contributed by atoms with Gasteiger partial charge in [-0.05, 0) is 36.3 Å². The summed E-state index contributed by atoms with van der Waals surface area (Å²) in [5.41, 5.74) is 2.33. The lowest BCUT2D eigenvalue weighted by Gasteiger charge is -2.24. The van der Waals surface area contributed by atoms with E-state index in [9.17, 15) is 9.59 Å². The van der Waals surface area contributed by atoms with Gasteiger partial charge in [-0.25, -0.2) is 9.79 Å². The zero-order chi connectivity index (χ0) is 21.3. The molecule has 1 aliphatic heterocycles. The fourth-order valence-corrected chi connectivity index (χ4v) is 4.57. The Bertz CT molecular complexity index is 1320. The van der Waals surface area contributed by atoms with Gasteiger partial charge >= 0.3 is 5.97 Å². The van der Waals surface area contributed by atoms with Gasteiger partial charge < -0.3 is 9.47 Å². The number of aromatic nitrogens is 1. The first-order chi connectivity index (χ1) is 14.5. The molecule has 0 N–H and O–H groups in total. The van der Waals surface area contributed by atoms with E-state index in [0.717, 1.165) is 11.1 Å².